The summed E-state index contributed by atoms with van der Waals surface area (Å²) in [6.45, 7) is 4.12. The molecule has 0 spiro atoms. The Morgan fingerprint density at radius 1 is 1.35 bits per heavy atom. The lowest BCUT2D eigenvalue weighted by molar-refractivity contribution is 0.0871. The molecular weight excluding hydrogens is 282 g/mol. The van der Waals surface area contributed by atoms with Gasteiger partial charge in [-0.25, -0.2) is 0 Å². The van der Waals surface area contributed by atoms with Gasteiger partial charge >= 0.3 is 0 Å². The van der Waals surface area contributed by atoms with Crippen molar-refractivity contribution in [3.63, 3.8) is 0 Å². The van der Waals surface area contributed by atoms with E-state index in [-0.39, 0.29) is 18.4 Å². The molecule has 0 aromatic heterocycles. The Hall–Kier alpha value is -0.870. The number of amides is 1. The molecule has 4 heteroatoms. The largest absolute Gasteiger partial charge is 0.391 e. The SMILES string of the molecule is CC(C)C(O)CNC(=O)c1ccc(CBr)cc1. The zero-order valence-corrected chi connectivity index (χ0v) is 11.7. The van der Waals surface area contributed by atoms with Crippen LogP contribution in [-0.4, -0.2) is 23.7 Å². The Labute approximate surface area is 110 Å². The van der Waals surface area contributed by atoms with Gasteiger partial charge in [-0.3, -0.25) is 4.79 Å². The van der Waals surface area contributed by atoms with Crippen molar-refractivity contribution >= 4 is 21.8 Å². The maximum Gasteiger partial charge on any atom is 0.251 e. The molecule has 0 aliphatic heterocycles. The van der Waals surface area contributed by atoms with E-state index in [0.717, 1.165) is 10.9 Å². The number of nitrogens with one attached hydrogen (secondary N) is 1. The molecule has 0 heterocycles. The molecule has 1 atom stereocenters. The highest BCUT2D eigenvalue weighted by atomic mass is 79.9. The van der Waals surface area contributed by atoms with Crippen molar-refractivity contribution in [1.29, 1.82) is 0 Å². The highest BCUT2D eigenvalue weighted by molar-refractivity contribution is 9.08. The van der Waals surface area contributed by atoms with E-state index in [9.17, 15) is 9.90 Å². The molecule has 0 bridgehead atoms. The molecule has 2 N–H and O–H groups in total. The molecule has 1 rings (SSSR count). The van der Waals surface area contributed by atoms with Crippen LogP contribution in [0.3, 0.4) is 0 Å². The van der Waals surface area contributed by atoms with E-state index < -0.39 is 6.10 Å². The van der Waals surface area contributed by atoms with Crippen molar-refractivity contribution in [1.82, 2.24) is 5.32 Å². The standard InChI is InChI=1S/C13H18BrNO2/c1-9(2)12(16)8-15-13(17)11-5-3-10(7-14)4-6-11/h3-6,9,12,16H,7-8H2,1-2H3,(H,15,17). The molecule has 1 amide bonds. The second-order valence-corrected chi connectivity index (χ2v) is 4.91. The van der Waals surface area contributed by atoms with Crippen LogP contribution in [0, 0.1) is 5.92 Å². The summed E-state index contributed by atoms with van der Waals surface area (Å²) in [6, 6.07) is 7.38. The van der Waals surface area contributed by atoms with Gasteiger partial charge in [0.05, 0.1) is 6.10 Å². The number of hydrogen-bond acceptors (Lipinski definition) is 2. The van der Waals surface area contributed by atoms with E-state index in [0.29, 0.717) is 5.56 Å². The fourth-order valence-corrected chi connectivity index (χ4v) is 1.65. The molecule has 1 aromatic carbocycles. The monoisotopic (exact) mass is 299 g/mol. The molecule has 94 valence electrons. The van der Waals surface area contributed by atoms with Crippen LogP contribution in [0.5, 0.6) is 0 Å². The second kappa shape index (κ2) is 6.77. The van der Waals surface area contributed by atoms with E-state index in [1.807, 2.05) is 26.0 Å². The van der Waals surface area contributed by atoms with Gasteiger partial charge in [-0.2, -0.15) is 0 Å². The van der Waals surface area contributed by atoms with Crippen LogP contribution in [0.1, 0.15) is 29.8 Å². The van der Waals surface area contributed by atoms with Gasteiger partial charge < -0.3 is 10.4 Å². The molecule has 0 fully saturated rings. The molecule has 0 aliphatic rings. The predicted molar refractivity (Wildman–Crippen MR) is 72.3 cm³/mol. The highest BCUT2D eigenvalue weighted by Crippen LogP contribution is 2.08. The topological polar surface area (TPSA) is 49.3 Å². The van der Waals surface area contributed by atoms with E-state index in [1.165, 1.54) is 0 Å². The molecule has 0 saturated heterocycles. The summed E-state index contributed by atoms with van der Waals surface area (Å²) >= 11 is 3.35. The maximum absolute atomic E-state index is 11.7. The third-order valence-corrected chi connectivity index (χ3v) is 3.26. The summed E-state index contributed by atoms with van der Waals surface area (Å²) in [5.41, 5.74) is 1.74. The number of aliphatic hydroxyl groups excluding tert-OH is 1. The van der Waals surface area contributed by atoms with Crippen LogP contribution >= 0.6 is 15.9 Å². The molecular formula is C13H18BrNO2. The first kappa shape index (κ1) is 14.2. The summed E-state index contributed by atoms with van der Waals surface area (Å²) in [7, 11) is 0. The van der Waals surface area contributed by atoms with Gasteiger partial charge in [0.1, 0.15) is 0 Å². The molecule has 1 aromatic rings. The average Bonchev–Trinajstić information content (AvgIpc) is 2.35. The number of benzene rings is 1. The van der Waals surface area contributed by atoms with Crippen LogP contribution in [0.15, 0.2) is 24.3 Å². The molecule has 0 radical (unpaired) electrons. The van der Waals surface area contributed by atoms with Crippen molar-refractivity contribution in [2.45, 2.75) is 25.3 Å². The Bertz CT molecular complexity index is 362. The number of halogens is 1. The average molecular weight is 300 g/mol. The van der Waals surface area contributed by atoms with E-state index in [2.05, 4.69) is 21.2 Å². The molecule has 1 unspecified atom stereocenters. The van der Waals surface area contributed by atoms with Gasteiger partial charge in [0.25, 0.3) is 5.91 Å². The van der Waals surface area contributed by atoms with Gasteiger partial charge in [0.2, 0.25) is 0 Å². The fourth-order valence-electron chi connectivity index (χ4n) is 1.28. The summed E-state index contributed by atoms with van der Waals surface area (Å²) in [5.74, 6) is -0.00287. The van der Waals surface area contributed by atoms with Gasteiger partial charge in [-0.1, -0.05) is 41.9 Å². The zero-order valence-electron chi connectivity index (χ0n) is 10.1. The normalized spacial score (nSPS) is 12.5. The van der Waals surface area contributed by atoms with Gasteiger partial charge in [0.15, 0.2) is 0 Å². The van der Waals surface area contributed by atoms with Crippen LogP contribution in [0.2, 0.25) is 0 Å². The molecule has 17 heavy (non-hydrogen) atoms. The van der Waals surface area contributed by atoms with Crippen LogP contribution in [0.4, 0.5) is 0 Å². The minimum Gasteiger partial charge on any atom is -0.391 e. The third kappa shape index (κ3) is 4.48. The Balaban J connectivity index is 2.52. The lowest BCUT2D eigenvalue weighted by Gasteiger charge is -2.15. The predicted octanol–water partition coefficient (Wildman–Crippen LogP) is 2.33. The highest BCUT2D eigenvalue weighted by Gasteiger charge is 2.11. The molecule has 0 saturated carbocycles. The lowest BCUT2D eigenvalue weighted by Crippen LogP contribution is -2.34. The quantitative estimate of drug-likeness (QED) is 0.820. The van der Waals surface area contributed by atoms with Crippen LogP contribution in [-0.2, 0) is 5.33 Å². The summed E-state index contributed by atoms with van der Waals surface area (Å²) in [5, 5.41) is 13.1. The van der Waals surface area contributed by atoms with Crippen molar-refractivity contribution in [3.05, 3.63) is 35.4 Å². The first-order valence-electron chi connectivity index (χ1n) is 5.65. The van der Waals surface area contributed by atoms with Crippen molar-refractivity contribution in [2.24, 2.45) is 5.92 Å². The number of hydrogen-bond donors (Lipinski definition) is 2. The van der Waals surface area contributed by atoms with E-state index >= 15 is 0 Å². The van der Waals surface area contributed by atoms with Crippen molar-refractivity contribution in [3.8, 4) is 0 Å². The number of carbonyl (C=O) groups is 1. The minimum absolute atomic E-state index is 0.145. The fraction of sp³-hybridized carbons (Fsp3) is 0.462. The van der Waals surface area contributed by atoms with Gasteiger partial charge in [0, 0.05) is 17.4 Å². The lowest BCUT2D eigenvalue weighted by atomic mass is 10.1. The van der Waals surface area contributed by atoms with Crippen molar-refractivity contribution < 1.29 is 9.90 Å². The first-order chi connectivity index (χ1) is 8.04. The van der Waals surface area contributed by atoms with Gasteiger partial charge in [-0.05, 0) is 23.6 Å². The summed E-state index contributed by atoms with van der Waals surface area (Å²) in [4.78, 5) is 11.7. The number of rotatable bonds is 5. The maximum atomic E-state index is 11.7. The number of aliphatic hydroxyl groups is 1. The number of alkyl halides is 1. The van der Waals surface area contributed by atoms with Crippen LogP contribution < -0.4 is 5.32 Å². The number of carbonyl (C=O) groups excluding carboxylic acids is 1. The van der Waals surface area contributed by atoms with E-state index in [4.69, 9.17) is 0 Å². The minimum atomic E-state index is -0.499. The molecule has 0 aliphatic carbocycles. The Kier molecular flexibility index (Phi) is 5.65. The Morgan fingerprint density at radius 3 is 2.41 bits per heavy atom. The smallest absolute Gasteiger partial charge is 0.251 e. The zero-order chi connectivity index (χ0) is 12.8. The van der Waals surface area contributed by atoms with E-state index in [1.54, 1.807) is 12.1 Å². The van der Waals surface area contributed by atoms with Crippen LogP contribution in [0.25, 0.3) is 0 Å². The van der Waals surface area contributed by atoms with Gasteiger partial charge in [-0.15, -0.1) is 0 Å². The summed E-state index contributed by atoms with van der Waals surface area (Å²) in [6.07, 6.45) is -0.499. The Morgan fingerprint density at radius 2 is 1.94 bits per heavy atom. The summed E-state index contributed by atoms with van der Waals surface area (Å²) < 4.78 is 0. The second-order valence-electron chi connectivity index (χ2n) is 4.35. The third-order valence-electron chi connectivity index (χ3n) is 2.61. The molecule has 3 nitrogen and oxygen atoms in total. The first-order valence-corrected chi connectivity index (χ1v) is 6.78. The van der Waals surface area contributed by atoms with Crippen molar-refractivity contribution in [2.75, 3.05) is 6.54 Å².